The number of carbonyl (C=O) groups is 1. The zero-order chi connectivity index (χ0) is 15.1. The molecule has 116 valence electrons. The van der Waals surface area contributed by atoms with Crippen LogP contribution < -0.4 is 15.8 Å². The quantitative estimate of drug-likeness (QED) is 0.731. The largest absolute Gasteiger partial charge is 0.492 e. The number of benzene rings is 1. The first-order chi connectivity index (χ1) is 10.2. The summed E-state index contributed by atoms with van der Waals surface area (Å²) in [6.07, 6.45) is 1.08. The first kappa shape index (κ1) is 15.8. The Morgan fingerprint density at radius 3 is 2.86 bits per heavy atom. The Kier molecular flexibility index (Phi) is 6.02. The van der Waals surface area contributed by atoms with Crippen LogP contribution in [0.1, 0.15) is 13.3 Å². The van der Waals surface area contributed by atoms with Gasteiger partial charge in [0.15, 0.2) is 0 Å². The van der Waals surface area contributed by atoms with E-state index in [2.05, 4.69) is 17.1 Å². The van der Waals surface area contributed by atoms with Gasteiger partial charge < -0.3 is 15.8 Å². The highest BCUT2D eigenvalue weighted by Crippen LogP contribution is 2.21. The van der Waals surface area contributed by atoms with Gasteiger partial charge in [-0.25, -0.2) is 0 Å². The molecule has 1 fully saturated rings. The third kappa shape index (κ3) is 5.02. The molecule has 5 heteroatoms. The van der Waals surface area contributed by atoms with Gasteiger partial charge in [-0.15, -0.1) is 0 Å². The van der Waals surface area contributed by atoms with E-state index in [4.69, 9.17) is 10.5 Å². The Labute approximate surface area is 126 Å². The van der Waals surface area contributed by atoms with Crippen molar-refractivity contribution >= 4 is 5.91 Å². The minimum atomic E-state index is 0.0520. The number of hydrogen-bond donors (Lipinski definition) is 2. The topological polar surface area (TPSA) is 67.6 Å². The molecule has 0 bridgehead atoms. The molecular weight excluding hydrogens is 266 g/mol. The van der Waals surface area contributed by atoms with Gasteiger partial charge in [0.2, 0.25) is 5.91 Å². The molecule has 0 aliphatic carbocycles. The lowest BCUT2D eigenvalue weighted by Gasteiger charge is -2.20. The van der Waals surface area contributed by atoms with Crippen LogP contribution in [0.5, 0.6) is 5.75 Å². The molecule has 0 radical (unpaired) electrons. The number of likely N-dealkylation sites (tertiary alicyclic amines) is 1. The second kappa shape index (κ2) is 8.00. The van der Waals surface area contributed by atoms with E-state index < -0.39 is 0 Å². The Hall–Kier alpha value is -1.59. The van der Waals surface area contributed by atoms with E-state index in [0.29, 0.717) is 38.2 Å². The molecule has 0 spiro atoms. The summed E-state index contributed by atoms with van der Waals surface area (Å²) in [6.45, 7) is 5.23. The summed E-state index contributed by atoms with van der Waals surface area (Å²) in [5.74, 6) is 1.40. The fraction of sp³-hybridized carbons (Fsp3) is 0.562. The zero-order valence-corrected chi connectivity index (χ0v) is 12.6. The lowest BCUT2D eigenvalue weighted by molar-refractivity contribution is -0.122. The van der Waals surface area contributed by atoms with E-state index in [-0.39, 0.29) is 5.91 Å². The summed E-state index contributed by atoms with van der Waals surface area (Å²) in [7, 11) is 0. The van der Waals surface area contributed by atoms with Gasteiger partial charge in [-0.05, 0) is 37.9 Å². The van der Waals surface area contributed by atoms with Crippen LogP contribution in [0.15, 0.2) is 30.3 Å². The van der Waals surface area contributed by atoms with Crippen LogP contribution in [0.2, 0.25) is 0 Å². The molecule has 1 heterocycles. The van der Waals surface area contributed by atoms with Gasteiger partial charge in [0.1, 0.15) is 12.4 Å². The number of ether oxygens (including phenoxy) is 1. The summed E-state index contributed by atoms with van der Waals surface area (Å²) in [5, 5.41) is 2.90. The first-order valence-corrected chi connectivity index (χ1v) is 7.57. The molecule has 1 aliphatic heterocycles. The van der Waals surface area contributed by atoms with Gasteiger partial charge in [-0.3, -0.25) is 9.69 Å². The standard InChI is InChI=1S/C16H25N3O2/c1-13-9-14(10-17)11-19(13)12-16(20)18-7-8-21-15-5-3-2-4-6-15/h2-6,13-14H,7-12,17H2,1H3,(H,18,20). The van der Waals surface area contributed by atoms with Crippen LogP contribution in [0, 0.1) is 5.92 Å². The van der Waals surface area contributed by atoms with E-state index in [1.807, 2.05) is 30.3 Å². The average molecular weight is 291 g/mol. The van der Waals surface area contributed by atoms with Crippen molar-refractivity contribution in [3.05, 3.63) is 30.3 Å². The van der Waals surface area contributed by atoms with Crippen molar-refractivity contribution in [3.8, 4) is 5.75 Å². The van der Waals surface area contributed by atoms with Crippen LogP contribution >= 0.6 is 0 Å². The Bertz CT molecular complexity index is 438. The van der Waals surface area contributed by atoms with Gasteiger partial charge in [0, 0.05) is 12.6 Å². The molecule has 1 saturated heterocycles. The summed E-state index contributed by atoms with van der Waals surface area (Å²) in [5.41, 5.74) is 5.70. The molecule has 1 amide bonds. The molecule has 2 unspecified atom stereocenters. The van der Waals surface area contributed by atoms with Crippen molar-refractivity contribution in [3.63, 3.8) is 0 Å². The Morgan fingerprint density at radius 1 is 1.43 bits per heavy atom. The van der Waals surface area contributed by atoms with Crippen molar-refractivity contribution < 1.29 is 9.53 Å². The summed E-state index contributed by atoms with van der Waals surface area (Å²) >= 11 is 0. The smallest absolute Gasteiger partial charge is 0.234 e. The summed E-state index contributed by atoms with van der Waals surface area (Å²) in [6, 6.07) is 10.0. The first-order valence-electron chi connectivity index (χ1n) is 7.57. The van der Waals surface area contributed by atoms with Crippen LogP contribution in [-0.2, 0) is 4.79 Å². The van der Waals surface area contributed by atoms with Gasteiger partial charge in [-0.1, -0.05) is 18.2 Å². The predicted octanol–water partition coefficient (Wildman–Crippen LogP) is 0.851. The molecule has 5 nitrogen and oxygen atoms in total. The van der Waals surface area contributed by atoms with Crippen molar-refractivity contribution in [1.82, 2.24) is 10.2 Å². The summed E-state index contributed by atoms with van der Waals surface area (Å²) in [4.78, 5) is 14.1. The highest BCUT2D eigenvalue weighted by molar-refractivity contribution is 5.78. The van der Waals surface area contributed by atoms with E-state index in [9.17, 15) is 4.79 Å². The zero-order valence-electron chi connectivity index (χ0n) is 12.6. The average Bonchev–Trinajstić information content (AvgIpc) is 2.85. The number of amides is 1. The maximum absolute atomic E-state index is 11.9. The lowest BCUT2D eigenvalue weighted by atomic mass is 10.1. The molecular formula is C16H25N3O2. The molecule has 3 N–H and O–H groups in total. The fourth-order valence-electron chi connectivity index (χ4n) is 2.73. The van der Waals surface area contributed by atoms with Crippen LogP contribution in [0.3, 0.4) is 0 Å². The van der Waals surface area contributed by atoms with E-state index in [0.717, 1.165) is 18.7 Å². The van der Waals surface area contributed by atoms with Crippen LogP contribution in [0.4, 0.5) is 0 Å². The minimum absolute atomic E-state index is 0.0520. The monoisotopic (exact) mass is 291 g/mol. The highest BCUT2D eigenvalue weighted by atomic mass is 16.5. The molecule has 1 aromatic rings. The van der Waals surface area contributed by atoms with Gasteiger partial charge in [-0.2, -0.15) is 0 Å². The van der Waals surface area contributed by atoms with Gasteiger partial charge >= 0.3 is 0 Å². The number of rotatable bonds is 7. The second-order valence-electron chi connectivity index (χ2n) is 5.63. The third-order valence-corrected chi connectivity index (χ3v) is 3.91. The Balaban J connectivity index is 1.62. The summed E-state index contributed by atoms with van der Waals surface area (Å²) < 4.78 is 5.54. The maximum Gasteiger partial charge on any atom is 0.234 e. The fourth-order valence-corrected chi connectivity index (χ4v) is 2.73. The predicted molar refractivity (Wildman–Crippen MR) is 83.1 cm³/mol. The van der Waals surface area contributed by atoms with Crippen molar-refractivity contribution in [2.24, 2.45) is 11.7 Å². The molecule has 2 rings (SSSR count). The minimum Gasteiger partial charge on any atom is -0.492 e. The number of nitrogens with two attached hydrogens (primary N) is 1. The van der Waals surface area contributed by atoms with Crippen molar-refractivity contribution in [2.45, 2.75) is 19.4 Å². The SMILES string of the molecule is CC1CC(CN)CN1CC(=O)NCCOc1ccccc1. The molecule has 0 saturated carbocycles. The molecule has 0 aromatic heterocycles. The molecule has 2 atom stereocenters. The number of nitrogens with zero attached hydrogens (tertiary/aromatic N) is 1. The third-order valence-electron chi connectivity index (χ3n) is 3.91. The van der Waals surface area contributed by atoms with Gasteiger partial charge in [0.05, 0.1) is 13.1 Å². The van der Waals surface area contributed by atoms with E-state index >= 15 is 0 Å². The second-order valence-corrected chi connectivity index (χ2v) is 5.63. The lowest BCUT2D eigenvalue weighted by Crippen LogP contribution is -2.40. The molecule has 1 aromatic carbocycles. The number of carbonyl (C=O) groups excluding carboxylic acids is 1. The van der Waals surface area contributed by atoms with Crippen molar-refractivity contribution in [1.29, 1.82) is 0 Å². The molecule has 1 aliphatic rings. The molecule has 21 heavy (non-hydrogen) atoms. The number of nitrogens with one attached hydrogen (secondary N) is 1. The highest BCUT2D eigenvalue weighted by Gasteiger charge is 2.29. The van der Waals surface area contributed by atoms with Crippen LogP contribution in [-0.4, -0.2) is 49.6 Å². The number of para-hydroxylation sites is 1. The van der Waals surface area contributed by atoms with Crippen molar-refractivity contribution in [2.75, 3.05) is 32.8 Å². The maximum atomic E-state index is 11.9. The normalized spacial score (nSPS) is 22.2. The van der Waals surface area contributed by atoms with E-state index in [1.54, 1.807) is 0 Å². The van der Waals surface area contributed by atoms with Crippen LogP contribution in [0.25, 0.3) is 0 Å². The Morgan fingerprint density at radius 2 is 2.19 bits per heavy atom. The van der Waals surface area contributed by atoms with E-state index in [1.165, 1.54) is 0 Å². The number of hydrogen-bond acceptors (Lipinski definition) is 4. The van der Waals surface area contributed by atoms with Gasteiger partial charge in [0.25, 0.3) is 0 Å².